The molecule has 1 atom stereocenters. The second kappa shape index (κ2) is 5.77. The van der Waals surface area contributed by atoms with Gasteiger partial charge in [-0.05, 0) is 6.42 Å². The third kappa shape index (κ3) is 3.52. The molecule has 1 aromatic heterocycles. The molecule has 0 fully saturated rings. The summed E-state index contributed by atoms with van der Waals surface area (Å²) in [6.45, 7) is 4.30. The van der Waals surface area contributed by atoms with Crippen molar-refractivity contribution in [1.82, 2.24) is 15.1 Å². The van der Waals surface area contributed by atoms with E-state index in [4.69, 9.17) is 18.0 Å². The van der Waals surface area contributed by atoms with E-state index in [1.807, 2.05) is 13.8 Å². The smallest absolute Gasteiger partial charge is 0.254 e. The van der Waals surface area contributed by atoms with E-state index in [1.54, 1.807) is 17.9 Å². The fraction of sp³-hybridized carbons (Fsp3) is 0.545. The van der Waals surface area contributed by atoms with Crippen LogP contribution >= 0.6 is 12.2 Å². The van der Waals surface area contributed by atoms with Gasteiger partial charge < -0.3 is 11.1 Å². The van der Waals surface area contributed by atoms with Gasteiger partial charge in [-0.3, -0.25) is 9.48 Å². The zero-order valence-electron chi connectivity index (χ0n) is 10.4. The number of aryl methyl sites for hydroxylation is 2. The normalized spacial score (nSPS) is 12.2. The van der Waals surface area contributed by atoms with Crippen molar-refractivity contribution in [2.75, 3.05) is 6.54 Å². The van der Waals surface area contributed by atoms with E-state index in [2.05, 4.69) is 10.4 Å². The van der Waals surface area contributed by atoms with Crippen LogP contribution in [-0.4, -0.2) is 27.2 Å². The lowest BCUT2D eigenvalue weighted by Gasteiger charge is -2.10. The average Bonchev–Trinajstić information content (AvgIpc) is 2.66. The second-order valence-corrected chi connectivity index (χ2v) is 4.50. The number of carbonyl (C=O) groups excluding carboxylic acids is 1. The summed E-state index contributed by atoms with van der Waals surface area (Å²) < 4.78 is 1.64. The lowest BCUT2D eigenvalue weighted by atomic mass is 10.1. The first-order valence-electron chi connectivity index (χ1n) is 5.55. The highest BCUT2D eigenvalue weighted by molar-refractivity contribution is 7.80. The summed E-state index contributed by atoms with van der Waals surface area (Å²) in [5.41, 5.74) is 6.90. The van der Waals surface area contributed by atoms with Crippen LogP contribution in [0, 0.1) is 5.92 Å². The largest absolute Gasteiger partial charge is 0.393 e. The Morgan fingerprint density at radius 3 is 2.88 bits per heavy atom. The summed E-state index contributed by atoms with van der Waals surface area (Å²) in [4.78, 5) is 12.3. The number of carbonyl (C=O) groups is 1. The number of hydrogen-bond acceptors (Lipinski definition) is 3. The van der Waals surface area contributed by atoms with Crippen LogP contribution in [0.1, 0.15) is 29.9 Å². The van der Waals surface area contributed by atoms with Gasteiger partial charge in [0.2, 0.25) is 0 Å². The minimum absolute atomic E-state index is 0.00398. The third-order valence-corrected chi connectivity index (χ3v) is 2.94. The van der Waals surface area contributed by atoms with E-state index < -0.39 is 0 Å². The number of hydrogen-bond donors (Lipinski definition) is 2. The molecule has 6 heteroatoms. The number of nitrogens with one attached hydrogen (secondary N) is 1. The predicted octanol–water partition coefficient (Wildman–Crippen LogP) is 0.634. The first-order chi connectivity index (χ1) is 7.95. The molecule has 1 aromatic rings. The van der Waals surface area contributed by atoms with E-state index in [0.717, 1.165) is 12.1 Å². The fourth-order valence-corrected chi connectivity index (χ4v) is 1.51. The molecule has 1 rings (SSSR count). The topological polar surface area (TPSA) is 72.9 Å². The van der Waals surface area contributed by atoms with Gasteiger partial charge in [-0.2, -0.15) is 5.10 Å². The van der Waals surface area contributed by atoms with E-state index in [1.165, 1.54) is 0 Å². The van der Waals surface area contributed by atoms with Gasteiger partial charge in [0.15, 0.2) is 0 Å². The lowest BCUT2D eigenvalue weighted by Crippen LogP contribution is -2.33. The third-order valence-electron chi connectivity index (χ3n) is 2.54. The number of thiocarbonyl (C=S) groups is 1. The highest BCUT2D eigenvalue weighted by atomic mass is 32.1. The van der Waals surface area contributed by atoms with E-state index >= 15 is 0 Å². The van der Waals surface area contributed by atoms with Crippen LogP contribution in [-0.2, 0) is 13.5 Å². The highest BCUT2D eigenvalue weighted by Gasteiger charge is 2.15. The zero-order valence-corrected chi connectivity index (χ0v) is 11.2. The Morgan fingerprint density at radius 2 is 2.35 bits per heavy atom. The van der Waals surface area contributed by atoms with Crippen LogP contribution in [0.3, 0.4) is 0 Å². The average molecular weight is 254 g/mol. The van der Waals surface area contributed by atoms with Crippen molar-refractivity contribution < 1.29 is 4.79 Å². The van der Waals surface area contributed by atoms with Crippen molar-refractivity contribution >= 4 is 23.1 Å². The van der Waals surface area contributed by atoms with Crippen LogP contribution < -0.4 is 11.1 Å². The van der Waals surface area contributed by atoms with Crippen LogP contribution in [0.4, 0.5) is 0 Å². The molecule has 0 aromatic carbocycles. The zero-order chi connectivity index (χ0) is 13.0. The first kappa shape index (κ1) is 13.6. The van der Waals surface area contributed by atoms with Gasteiger partial charge in [-0.1, -0.05) is 26.1 Å². The Balaban J connectivity index is 2.66. The Kier molecular flexibility index (Phi) is 4.62. The number of amides is 1. The van der Waals surface area contributed by atoms with Gasteiger partial charge in [-0.15, -0.1) is 0 Å². The molecule has 1 heterocycles. The van der Waals surface area contributed by atoms with Crippen molar-refractivity contribution in [1.29, 1.82) is 0 Å². The van der Waals surface area contributed by atoms with Gasteiger partial charge in [-0.25, -0.2) is 0 Å². The van der Waals surface area contributed by atoms with Crippen molar-refractivity contribution in [2.24, 2.45) is 18.7 Å². The van der Waals surface area contributed by atoms with Crippen LogP contribution in [0.15, 0.2) is 6.20 Å². The van der Waals surface area contributed by atoms with Crippen LogP contribution in [0.25, 0.3) is 0 Å². The molecule has 94 valence electrons. The molecule has 0 saturated carbocycles. The van der Waals surface area contributed by atoms with Crippen molar-refractivity contribution in [3.05, 3.63) is 17.5 Å². The summed E-state index contributed by atoms with van der Waals surface area (Å²) in [6.07, 6.45) is 2.45. The summed E-state index contributed by atoms with van der Waals surface area (Å²) in [5, 5.41) is 7.03. The summed E-state index contributed by atoms with van der Waals surface area (Å²) >= 11 is 4.85. The minimum Gasteiger partial charge on any atom is -0.393 e. The highest BCUT2D eigenvalue weighted by Crippen LogP contribution is 2.07. The molecule has 0 spiro atoms. The van der Waals surface area contributed by atoms with Crippen LogP contribution in [0.5, 0.6) is 0 Å². The molecular weight excluding hydrogens is 236 g/mol. The van der Waals surface area contributed by atoms with E-state index in [9.17, 15) is 4.79 Å². The lowest BCUT2D eigenvalue weighted by molar-refractivity contribution is 0.0950. The molecule has 0 aliphatic carbocycles. The first-order valence-corrected chi connectivity index (χ1v) is 5.96. The molecule has 0 aliphatic rings. The van der Waals surface area contributed by atoms with Crippen molar-refractivity contribution in [2.45, 2.75) is 20.3 Å². The van der Waals surface area contributed by atoms with E-state index in [0.29, 0.717) is 17.1 Å². The molecule has 0 saturated heterocycles. The number of nitrogens with zero attached hydrogens (tertiary/aromatic N) is 2. The SMILES string of the molecule is CCc1nn(C)cc1C(=O)NCC(C)C(N)=S. The van der Waals surface area contributed by atoms with Gasteiger partial charge in [0.25, 0.3) is 5.91 Å². The quantitative estimate of drug-likeness (QED) is 0.756. The summed E-state index contributed by atoms with van der Waals surface area (Å²) in [5.74, 6) is -0.131. The van der Waals surface area contributed by atoms with Gasteiger partial charge in [0.05, 0.1) is 16.2 Å². The van der Waals surface area contributed by atoms with Crippen LogP contribution in [0.2, 0.25) is 0 Å². The van der Waals surface area contributed by atoms with Crippen molar-refractivity contribution in [3.63, 3.8) is 0 Å². The monoisotopic (exact) mass is 254 g/mol. The summed E-state index contributed by atoms with van der Waals surface area (Å²) in [6, 6.07) is 0. The molecule has 1 unspecified atom stereocenters. The maximum Gasteiger partial charge on any atom is 0.254 e. The Bertz CT molecular complexity index is 427. The molecule has 17 heavy (non-hydrogen) atoms. The molecule has 1 amide bonds. The molecule has 3 N–H and O–H groups in total. The second-order valence-electron chi connectivity index (χ2n) is 4.03. The van der Waals surface area contributed by atoms with Crippen molar-refractivity contribution in [3.8, 4) is 0 Å². The number of aromatic nitrogens is 2. The predicted molar refractivity (Wildman–Crippen MR) is 70.9 cm³/mol. The molecule has 0 radical (unpaired) electrons. The maximum atomic E-state index is 11.9. The number of rotatable bonds is 5. The maximum absolute atomic E-state index is 11.9. The van der Waals surface area contributed by atoms with E-state index in [-0.39, 0.29) is 11.8 Å². The van der Waals surface area contributed by atoms with Gasteiger partial charge in [0.1, 0.15) is 0 Å². The Hall–Kier alpha value is -1.43. The minimum atomic E-state index is -0.127. The van der Waals surface area contributed by atoms with Gasteiger partial charge >= 0.3 is 0 Å². The fourth-order valence-electron chi connectivity index (χ4n) is 1.43. The molecule has 5 nitrogen and oxygen atoms in total. The van der Waals surface area contributed by atoms with Gasteiger partial charge in [0, 0.05) is 25.7 Å². The molecule has 0 bridgehead atoms. The Labute approximate surface area is 106 Å². The molecular formula is C11H18N4OS. The number of nitrogens with two attached hydrogens (primary N) is 1. The Morgan fingerprint density at radius 1 is 1.71 bits per heavy atom. The standard InChI is InChI=1S/C11H18N4OS/c1-4-9-8(6-15(3)14-9)11(16)13-5-7(2)10(12)17/h6-7H,4-5H2,1-3H3,(H2,12,17)(H,13,16). The summed E-state index contributed by atoms with van der Waals surface area (Å²) in [7, 11) is 1.80. The molecule has 0 aliphatic heterocycles.